The molecule has 1 aromatic rings. The molecule has 1 aromatic carbocycles. The average molecular weight is 383 g/mol. The van der Waals surface area contributed by atoms with Gasteiger partial charge in [-0.2, -0.15) is 4.31 Å². The van der Waals surface area contributed by atoms with Gasteiger partial charge in [0.2, 0.25) is 16.4 Å². The van der Waals surface area contributed by atoms with Crippen LogP contribution in [0.2, 0.25) is 10.0 Å². The van der Waals surface area contributed by atoms with Gasteiger partial charge in [-0.05, 0) is 29.7 Å². The number of rotatable bonds is 6. The molecule has 0 fully saturated rings. The molecule has 1 aliphatic rings. The lowest BCUT2D eigenvalue weighted by atomic mass is 10.0. The van der Waals surface area contributed by atoms with Crippen LogP contribution in [0.5, 0.6) is 0 Å². The lowest BCUT2D eigenvalue weighted by molar-refractivity contribution is -0.161. The predicted molar refractivity (Wildman–Crippen MR) is 84.9 cm³/mol. The molecule has 1 aliphatic heterocycles. The summed E-state index contributed by atoms with van der Waals surface area (Å²) in [7, 11) is -3.78. The van der Waals surface area contributed by atoms with E-state index in [2.05, 4.69) is 0 Å². The molecule has 7 nitrogen and oxygen atoms in total. The number of halogens is 2. The van der Waals surface area contributed by atoms with Crippen molar-refractivity contribution in [3.63, 3.8) is 0 Å². The van der Waals surface area contributed by atoms with Crippen LogP contribution in [-0.2, 0) is 27.8 Å². The van der Waals surface area contributed by atoms with E-state index in [4.69, 9.17) is 28.3 Å². The van der Waals surface area contributed by atoms with Crippen LogP contribution in [0.15, 0.2) is 12.1 Å². The third-order valence-electron chi connectivity index (χ3n) is 3.71. The van der Waals surface area contributed by atoms with E-state index in [1.165, 1.54) is 4.31 Å². The van der Waals surface area contributed by atoms with Crippen LogP contribution >= 0.6 is 23.2 Å². The number of hydrogen-bond acceptors (Lipinski definition) is 5. The van der Waals surface area contributed by atoms with Crippen LogP contribution in [0.1, 0.15) is 11.1 Å². The second kappa shape index (κ2) is 7.33. The summed E-state index contributed by atoms with van der Waals surface area (Å²) in [4.78, 5) is 10.5. The Labute approximate surface area is 144 Å². The number of nitrogens with zero attached hydrogens (tertiary/aromatic N) is 2. The number of benzene rings is 1. The van der Waals surface area contributed by atoms with Crippen molar-refractivity contribution < 1.29 is 23.5 Å². The van der Waals surface area contributed by atoms with Crippen molar-refractivity contribution in [2.45, 2.75) is 19.0 Å². The maximum Gasteiger partial charge on any atom is 0.233 e. The van der Waals surface area contributed by atoms with E-state index in [1.54, 1.807) is 12.1 Å². The van der Waals surface area contributed by atoms with Crippen molar-refractivity contribution in [3.05, 3.63) is 33.3 Å². The van der Waals surface area contributed by atoms with Crippen molar-refractivity contribution in [1.29, 1.82) is 0 Å². The Hall–Kier alpha value is -0.900. The quantitative estimate of drug-likeness (QED) is 0.432. The Bertz CT molecular complexity index is 698. The summed E-state index contributed by atoms with van der Waals surface area (Å²) in [6.07, 6.45) is 0.537. The highest BCUT2D eigenvalue weighted by molar-refractivity contribution is 7.89. The second-order valence-corrected chi connectivity index (χ2v) is 8.05. The summed E-state index contributed by atoms with van der Waals surface area (Å²) in [6, 6.07) is 2.14. The largest absolute Gasteiger partial charge is 0.394 e. The van der Waals surface area contributed by atoms with Gasteiger partial charge in [-0.1, -0.05) is 23.2 Å². The average Bonchev–Trinajstić information content (AvgIpc) is 2.52. The van der Waals surface area contributed by atoms with Crippen LogP contribution in [0, 0.1) is 0 Å². The van der Waals surface area contributed by atoms with Gasteiger partial charge in [0.15, 0.2) is 0 Å². The monoisotopic (exact) mass is 382 g/mol. The molecule has 0 aromatic heterocycles. The first-order valence-electron chi connectivity index (χ1n) is 6.76. The lowest BCUT2D eigenvalue weighted by Crippen LogP contribution is -2.45. The molecular weight excluding hydrogens is 367 g/mol. The summed E-state index contributed by atoms with van der Waals surface area (Å²) in [5.41, 5.74) is 1.69. The van der Waals surface area contributed by atoms with Crippen molar-refractivity contribution in [2.24, 2.45) is 0 Å². The summed E-state index contributed by atoms with van der Waals surface area (Å²) in [5.74, 6) is -0.574. The van der Waals surface area contributed by atoms with Crippen molar-refractivity contribution in [3.8, 4) is 0 Å². The van der Waals surface area contributed by atoms with Gasteiger partial charge in [0.1, 0.15) is 0 Å². The molecule has 0 radical (unpaired) electrons. The molecule has 0 saturated heterocycles. The maximum absolute atomic E-state index is 12.4. The molecule has 2 N–H and O–H groups in total. The van der Waals surface area contributed by atoms with Crippen molar-refractivity contribution in [1.82, 2.24) is 9.37 Å². The first-order valence-corrected chi connectivity index (χ1v) is 9.13. The van der Waals surface area contributed by atoms with E-state index in [-0.39, 0.29) is 24.6 Å². The Morgan fingerprint density at radius 2 is 1.91 bits per heavy atom. The highest BCUT2D eigenvalue weighted by Gasteiger charge is 2.31. The van der Waals surface area contributed by atoms with Crippen LogP contribution < -0.4 is 0 Å². The fourth-order valence-corrected chi connectivity index (χ4v) is 4.44. The summed E-state index contributed by atoms with van der Waals surface area (Å²) >= 11 is 11.9. The number of hydrogen-bond donors (Lipinski definition) is 2. The summed E-state index contributed by atoms with van der Waals surface area (Å²) in [6.45, 7) is -0.294. The molecule has 1 atom stereocenters. The second-order valence-electron chi connectivity index (χ2n) is 5.22. The number of hydroxylamine groups is 2. The van der Waals surface area contributed by atoms with Gasteiger partial charge in [0.25, 0.3) is 0 Å². The Morgan fingerprint density at radius 1 is 1.30 bits per heavy atom. The first-order chi connectivity index (χ1) is 10.8. The number of amides is 1. The van der Waals surface area contributed by atoms with Crippen LogP contribution in [-0.4, -0.2) is 59.5 Å². The standard InChI is InChI=1S/C13H16Cl2N2O5S/c14-12-3-9-1-2-16(5-10(9)4-13(12)15)23(21,22)7-11(6-18)17(20)8-19/h3-4,8,11,18,20H,1-2,5-7H2. The SMILES string of the molecule is O=CN(O)C(CO)CS(=O)(=O)N1CCc2cc(Cl)c(Cl)cc2C1. The third-order valence-corrected chi connectivity index (χ3v) is 6.34. The number of aliphatic hydroxyl groups excluding tert-OH is 1. The van der Waals surface area contributed by atoms with Crippen LogP contribution in [0.3, 0.4) is 0 Å². The minimum Gasteiger partial charge on any atom is -0.394 e. The molecule has 0 aliphatic carbocycles. The highest BCUT2D eigenvalue weighted by Crippen LogP contribution is 2.30. The zero-order chi connectivity index (χ0) is 17.2. The van der Waals surface area contributed by atoms with E-state index in [1.807, 2.05) is 0 Å². The molecule has 2 rings (SSSR count). The zero-order valence-electron chi connectivity index (χ0n) is 12.0. The van der Waals surface area contributed by atoms with Gasteiger partial charge in [0, 0.05) is 13.1 Å². The van der Waals surface area contributed by atoms with E-state index in [0.717, 1.165) is 11.1 Å². The van der Waals surface area contributed by atoms with Gasteiger partial charge in [0.05, 0.1) is 28.4 Å². The number of carbonyl (C=O) groups is 1. The highest BCUT2D eigenvalue weighted by atomic mass is 35.5. The third kappa shape index (κ3) is 4.14. The predicted octanol–water partition coefficient (Wildman–Crippen LogP) is 0.890. The minimum absolute atomic E-state index is 0.0592. The molecule has 1 unspecified atom stereocenters. The van der Waals surface area contributed by atoms with E-state index < -0.39 is 28.4 Å². The van der Waals surface area contributed by atoms with E-state index >= 15 is 0 Å². The number of fused-ring (bicyclic) bond motifs is 1. The lowest BCUT2D eigenvalue weighted by Gasteiger charge is -2.30. The maximum atomic E-state index is 12.4. The minimum atomic E-state index is -3.78. The molecule has 128 valence electrons. The number of aliphatic hydroxyl groups is 1. The molecule has 0 spiro atoms. The Morgan fingerprint density at radius 3 is 2.48 bits per heavy atom. The topological polar surface area (TPSA) is 98.1 Å². The molecule has 0 saturated carbocycles. The molecular formula is C13H16Cl2N2O5S. The van der Waals surface area contributed by atoms with Crippen LogP contribution in [0.25, 0.3) is 0 Å². The van der Waals surface area contributed by atoms with E-state index in [9.17, 15) is 18.4 Å². The van der Waals surface area contributed by atoms with Crippen molar-refractivity contribution in [2.75, 3.05) is 18.9 Å². The Balaban J connectivity index is 2.18. The number of carbonyl (C=O) groups excluding carboxylic acids is 1. The fourth-order valence-electron chi connectivity index (χ4n) is 2.41. The summed E-state index contributed by atoms with van der Waals surface area (Å²) < 4.78 is 26.1. The van der Waals surface area contributed by atoms with Crippen LogP contribution in [0.4, 0.5) is 0 Å². The van der Waals surface area contributed by atoms with E-state index in [0.29, 0.717) is 16.5 Å². The first kappa shape index (κ1) is 18.4. The smallest absolute Gasteiger partial charge is 0.233 e. The zero-order valence-corrected chi connectivity index (χ0v) is 14.4. The van der Waals surface area contributed by atoms with Gasteiger partial charge < -0.3 is 5.11 Å². The summed E-state index contributed by atoms with van der Waals surface area (Å²) in [5, 5.41) is 19.4. The van der Waals surface area contributed by atoms with Gasteiger partial charge >= 0.3 is 0 Å². The molecule has 0 bridgehead atoms. The molecule has 23 heavy (non-hydrogen) atoms. The van der Waals surface area contributed by atoms with Crippen molar-refractivity contribution >= 4 is 39.6 Å². The van der Waals surface area contributed by atoms with Gasteiger partial charge in [-0.3, -0.25) is 10.0 Å². The van der Waals surface area contributed by atoms with Gasteiger partial charge in [-0.25, -0.2) is 13.5 Å². The molecule has 1 amide bonds. The molecule has 1 heterocycles. The normalized spacial score (nSPS) is 16.7. The fraction of sp³-hybridized carbons (Fsp3) is 0.462. The molecule has 10 heteroatoms. The van der Waals surface area contributed by atoms with Gasteiger partial charge in [-0.15, -0.1) is 0 Å². The number of sulfonamides is 1. The Kier molecular flexibility index (Phi) is 5.88.